The molecule has 0 aliphatic rings. The van der Waals surface area contributed by atoms with Crippen molar-refractivity contribution in [3.05, 3.63) is 29.0 Å². The molecule has 0 amide bonds. The molecule has 98 valence electrons. The fourth-order valence-electron chi connectivity index (χ4n) is 1.40. The standard InChI is InChI=1S/C14H21F3/c1-4-6-10-13(8-5-2)11-7-9-12(3)14(15,16)17/h7-8H,4-6,10-11H2,1-3H3/b13-8-. The van der Waals surface area contributed by atoms with Gasteiger partial charge in [-0.3, -0.25) is 0 Å². The molecule has 0 aliphatic heterocycles. The van der Waals surface area contributed by atoms with Crippen molar-refractivity contribution in [1.82, 2.24) is 0 Å². The third-order valence-corrected chi connectivity index (χ3v) is 2.45. The topological polar surface area (TPSA) is 0 Å². The van der Waals surface area contributed by atoms with Crippen molar-refractivity contribution in [2.45, 2.75) is 59.1 Å². The first kappa shape index (κ1) is 16.1. The number of hydrogen-bond donors (Lipinski definition) is 0. The molecule has 0 unspecified atom stereocenters. The summed E-state index contributed by atoms with van der Waals surface area (Å²) in [7, 11) is 0. The minimum absolute atomic E-state index is 0.571. The van der Waals surface area contributed by atoms with E-state index in [-0.39, 0.29) is 0 Å². The van der Waals surface area contributed by atoms with Gasteiger partial charge < -0.3 is 0 Å². The Morgan fingerprint density at radius 2 is 1.88 bits per heavy atom. The smallest absolute Gasteiger partial charge is 0.166 e. The van der Waals surface area contributed by atoms with Crippen molar-refractivity contribution in [3.8, 4) is 0 Å². The summed E-state index contributed by atoms with van der Waals surface area (Å²) in [5.74, 6) is 0. The van der Waals surface area contributed by atoms with Crippen LogP contribution in [-0.2, 0) is 0 Å². The minimum atomic E-state index is -4.26. The highest BCUT2D eigenvalue weighted by Gasteiger charge is 2.29. The molecule has 0 saturated carbocycles. The number of hydrogen-bond acceptors (Lipinski definition) is 0. The molecule has 0 nitrogen and oxygen atoms in total. The van der Waals surface area contributed by atoms with Gasteiger partial charge in [0.25, 0.3) is 0 Å². The van der Waals surface area contributed by atoms with E-state index in [1.165, 1.54) is 11.6 Å². The van der Waals surface area contributed by atoms with Gasteiger partial charge in [-0.25, -0.2) is 0 Å². The van der Waals surface area contributed by atoms with Gasteiger partial charge in [0, 0.05) is 0 Å². The van der Waals surface area contributed by atoms with Crippen LogP contribution in [0.1, 0.15) is 52.9 Å². The molecule has 0 aromatic rings. The third-order valence-electron chi connectivity index (χ3n) is 2.45. The van der Waals surface area contributed by atoms with Crippen LogP contribution in [0.3, 0.4) is 0 Å². The maximum absolute atomic E-state index is 12.2. The summed E-state index contributed by atoms with van der Waals surface area (Å²) in [4.78, 5) is 0. The molecule has 0 aromatic carbocycles. The molecule has 0 aliphatic carbocycles. The van der Waals surface area contributed by atoms with Gasteiger partial charge in [0.05, 0.1) is 5.57 Å². The van der Waals surface area contributed by atoms with Crippen molar-refractivity contribution in [2.75, 3.05) is 0 Å². The number of unbranched alkanes of at least 4 members (excludes halogenated alkanes) is 1. The zero-order valence-electron chi connectivity index (χ0n) is 10.8. The Labute approximate surface area is 102 Å². The maximum Gasteiger partial charge on any atom is 0.419 e. The summed E-state index contributed by atoms with van der Waals surface area (Å²) >= 11 is 0. The second kappa shape index (κ2) is 8.19. The molecule has 0 saturated heterocycles. The zero-order valence-corrected chi connectivity index (χ0v) is 10.8. The number of alkyl halides is 3. The maximum atomic E-state index is 12.2. The molecule has 17 heavy (non-hydrogen) atoms. The Balaban J connectivity index is 4.50. The van der Waals surface area contributed by atoms with Gasteiger partial charge in [-0.1, -0.05) is 31.9 Å². The van der Waals surface area contributed by atoms with Gasteiger partial charge in [-0.05, 0) is 38.7 Å². The van der Waals surface area contributed by atoms with Gasteiger partial charge >= 0.3 is 6.18 Å². The number of halogens is 3. The molecular formula is C14H21F3. The summed E-state index contributed by atoms with van der Waals surface area (Å²) in [5.41, 5.74) is 2.86. The molecular weight excluding hydrogens is 225 g/mol. The van der Waals surface area contributed by atoms with Crippen LogP contribution in [0.2, 0.25) is 0 Å². The number of allylic oxidation sites excluding steroid dienone is 3. The van der Waals surface area contributed by atoms with Crippen molar-refractivity contribution in [2.24, 2.45) is 0 Å². The van der Waals surface area contributed by atoms with Crippen molar-refractivity contribution in [1.29, 1.82) is 0 Å². The first-order chi connectivity index (χ1) is 7.91. The second-order valence-electron chi connectivity index (χ2n) is 4.05. The van der Waals surface area contributed by atoms with Crippen LogP contribution in [0.5, 0.6) is 0 Å². The van der Waals surface area contributed by atoms with Crippen LogP contribution >= 0.6 is 0 Å². The largest absolute Gasteiger partial charge is 0.419 e. The van der Waals surface area contributed by atoms with Gasteiger partial charge in [0.15, 0.2) is 0 Å². The first-order valence-electron chi connectivity index (χ1n) is 6.08. The Hall–Kier alpha value is -0.950. The van der Waals surface area contributed by atoms with E-state index in [0.29, 0.717) is 6.42 Å². The van der Waals surface area contributed by atoms with E-state index in [9.17, 15) is 13.2 Å². The van der Waals surface area contributed by atoms with E-state index in [0.717, 1.165) is 32.6 Å². The first-order valence-corrected chi connectivity index (χ1v) is 6.08. The lowest BCUT2D eigenvalue weighted by Crippen LogP contribution is -2.07. The average molecular weight is 246 g/mol. The summed E-state index contributed by atoms with van der Waals surface area (Å²) in [6.45, 7) is 5.19. The monoisotopic (exact) mass is 246 g/mol. The van der Waals surface area contributed by atoms with Crippen LogP contribution in [0.4, 0.5) is 13.2 Å². The van der Waals surface area contributed by atoms with Gasteiger partial charge in [-0.2, -0.15) is 13.2 Å². The van der Waals surface area contributed by atoms with E-state index in [4.69, 9.17) is 0 Å². The summed E-state index contributed by atoms with van der Waals surface area (Å²) in [5, 5.41) is 0. The highest BCUT2D eigenvalue weighted by Crippen LogP contribution is 2.24. The quantitative estimate of drug-likeness (QED) is 0.424. The predicted octanol–water partition coefficient (Wildman–Crippen LogP) is 5.57. The van der Waals surface area contributed by atoms with Crippen LogP contribution in [0.15, 0.2) is 29.0 Å². The highest BCUT2D eigenvalue weighted by atomic mass is 19.4. The molecule has 0 N–H and O–H groups in total. The Kier molecular flexibility index (Phi) is 7.73. The normalized spacial score (nSPS) is 12.2. The molecule has 3 heteroatoms. The molecule has 0 bridgehead atoms. The Morgan fingerprint density at radius 1 is 1.24 bits per heavy atom. The fraction of sp³-hybridized carbons (Fsp3) is 0.643. The predicted molar refractivity (Wildman–Crippen MR) is 65.8 cm³/mol. The molecule has 0 fully saturated rings. The lowest BCUT2D eigenvalue weighted by molar-refractivity contribution is -0.0911. The Bertz CT molecular complexity index is 302. The fourth-order valence-corrected chi connectivity index (χ4v) is 1.40. The highest BCUT2D eigenvalue weighted by molar-refractivity contribution is 5.11. The summed E-state index contributed by atoms with van der Waals surface area (Å²) in [6.07, 6.45) is 3.97. The van der Waals surface area contributed by atoms with E-state index < -0.39 is 11.7 Å². The van der Waals surface area contributed by atoms with E-state index in [1.54, 1.807) is 0 Å². The molecule has 0 aromatic heterocycles. The number of rotatable bonds is 6. The average Bonchev–Trinajstić information content (AvgIpc) is 2.24. The van der Waals surface area contributed by atoms with E-state index >= 15 is 0 Å². The lowest BCUT2D eigenvalue weighted by Gasteiger charge is -2.04. The van der Waals surface area contributed by atoms with Crippen LogP contribution in [0.25, 0.3) is 0 Å². The lowest BCUT2D eigenvalue weighted by atomic mass is 10.0. The van der Waals surface area contributed by atoms with Crippen LogP contribution in [0, 0.1) is 0 Å². The molecule has 0 atom stereocenters. The van der Waals surface area contributed by atoms with Gasteiger partial charge in [0.1, 0.15) is 0 Å². The van der Waals surface area contributed by atoms with Crippen LogP contribution < -0.4 is 0 Å². The molecule has 0 radical (unpaired) electrons. The minimum Gasteiger partial charge on any atom is -0.166 e. The molecule has 0 rings (SSSR count). The Morgan fingerprint density at radius 3 is 2.35 bits per heavy atom. The van der Waals surface area contributed by atoms with E-state index in [2.05, 4.69) is 18.7 Å². The zero-order chi connectivity index (χ0) is 13.3. The van der Waals surface area contributed by atoms with Crippen LogP contribution in [-0.4, -0.2) is 6.18 Å². The SMILES string of the molecule is CC/C=C(\CC=C=C(C)C(F)(F)F)CCCC. The van der Waals surface area contributed by atoms with Gasteiger partial charge in [-0.15, -0.1) is 5.73 Å². The second-order valence-corrected chi connectivity index (χ2v) is 4.05. The van der Waals surface area contributed by atoms with Crippen molar-refractivity contribution >= 4 is 0 Å². The summed E-state index contributed by atoms with van der Waals surface area (Å²) < 4.78 is 36.6. The third kappa shape index (κ3) is 7.87. The van der Waals surface area contributed by atoms with Gasteiger partial charge in [0.2, 0.25) is 0 Å². The molecule has 0 spiro atoms. The summed E-state index contributed by atoms with van der Waals surface area (Å²) in [6, 6.07) is 0. The van der Waals surface area contributed by atoms with Crippen molar-refractivity contribution in [3.63, 3.8) is 0 Å². The molecule has 0 heterocycles. The van der Waals surface area contributed by atoms with Crippen molar-refractivity contribution < 1.29 is 13.2 Å². The van der Waals surface area contributed by atoms with E-state index in [1.807, 2.05) is 6.92 Å².